The van der Waals surface area contributed by atoms with E-state index in [0.717, 1.165) is 44.0 Å². The Kier molecular flexibility index (Phi) is 3.83. The molecule has 1 fully saturated rings. The Bertz CT molecular complexity index is 573. The van der Waals surface area contributed by atoms with Gasteiger partial charge in [-0.2, -0.15) is 0 Å². The van der Waals surface area contributed by atoms with Gasteiger partial charge in [0.05, 0.1) is 0 Å². The molecular weight excluding hydrogens is 253 g/mol. The molecule has 0 bridgehead atoms. The Morgan fingerprint density at radius 3 is 2.95 bits per heavy atom. The number of halogens is 1. The van der Waals surface area contributed by atoms with Crippen LogP contribution in [0.3, 0.4) is 0 Å². The maximum absolute atomic E-state index is 13.1. The zero-order valence-corrected chi connectivity index (χ0v) is 11.8. The number of hydrogen-bond acceptors (Lipinski definition) is 2. The number of aromatic nitrogens is 2. The average Bonchev–Trinajstić information content (AvgIpc) is 2.83. The van der Waals surface area contributed by atoms with E-state index in [-0.39, 0.29) is 5.82 Å². The molecule has 2 heterocycles. The lowest BCUT2D eigenvalue weighted by Crippen LogP contribution is -2.47. The molecule has 0 aliphatic carbocycles. The fraction of sp³-hybridized carbons (Fsp3) is 0.438. The van der Waals surface area contributed by atoms with Gasteiger partial charge in [0.25, 0.3) is 0 Å². The summed E-state index contributed by atoms with van der Waals surface area (Å²) in [7, 11) is 0. The first-order valence-corrected chi connectivity index (χ1v) is 7.21. The molecule has 0 N–H and O–H groups in total. The highest BCUT2D eigenvalue weighted by molar-refractivity contribution is 5.16. The second-order valence-electron chi connectivity index (χ2n) is 5.54. The van der Waals surface area contributed by atoms with Crippen LogP contribution in [0.2, 0.25) is 0 Å². The Balaban J connectivity index is 1.49. The number of benzene rings is 1. The lowest BCUT2D eigenvalue weighted by Gasteiger charge is -2.39. The molecule has 2 aromatic rings. The minimum Gasteiger partial charge on any atom is -0.335 e. The van der Waals surface area contributed by atoms with E-state index in [0.29, 0.717) is 5.92 Å². The van der Waals surface area contributed by atoms with Crippen LogP contribution >= 0.6 is 0 Å². The van der Waals surface area contributed by atoms with Gasteiger partial charge in [0.15, 0.2) is 0 Å². The molecule has 3 nitrogen and oxygen atoms in total. The molecule has 0 atom stereocenters. The van der Waals surface area contributed by atoms with Crippen molar-refractivity contribution < 1.29 is 4.39 Å². The summed E-state index contributed by atoms with van der Waals surface area (Å²) in [5.41, 5.74) is 1.06. The smallest absolute Gasteiger partial charge is 0.123 e. The van der Waals surface area contributed by atoms with Crippen LogP contribution in [-0.4, -0.2) is 27.5 Å². The highest BCUT2D eigenvalue weighted by Gasteiger charge is 2.27. The average molecular weight is 273 g/mol. The van der Waals surface area contributed by atoms with Crippen molar-refractivity contribution in [2.24, 2.45) is 5.92 Å². The minimum atomic E-state index is -0.148. The molecule has 1 aromatic carbocycles. The van der Waals surface area contributed by atoms with Gasteiger partial charge in [0, 0.05) is 50.9 Å². The summed E-state index contributed by atoms with van der Waals surface area (Å²) in [6.07, 6.45) is 4.92. The van der Waals surface area contributed by atoms with E-state index in [1.807, 2.05) is 12.3 Å². The van der Waals surface area contributed by atoms with Gasteiger partial charge in [-0.1, -0.05) is 19.1 Å². The maximum atomic E-state index is 13.1. The fourth-order valence-electron chi connectivity index (χ4n) is 2.91. The minimum absolute atomic E-state index is 0.148. The molecule has 0 amide bonds. The van der Waals surface area contributed by atoms with Crippen molar-refractivity contribution in [1.82, 2.24) is 14.5 Å². The predicted octanol–water partition coefficient (Wildman–Crippen LogP) is 2.72. The number of nitrogens with zero attached hydrogens (tertiary/aromatic N) is 3. The van der Waals surface area contributed by atoms with Crippen molar-refractivity contribution in [1.29, 1.82) is 0 Å². The van der Waals surface area contributed by atoms with Crippen LogP contribution < -0.4 is 0 Å². The van der Waals surface area contributed by atoms with Crippen LogP contribution in [0.25, 0.3) is 0 Å². The van der Waals surface area contributed by atoms with Gasteiger partial charge >= 0.3 is 0 Å². The molecular formula is C16H20FN3. The van der Waals surface area contributed by atoms with Crippen LogP contribution in [0.4, 0.5) is 4.39 Å². The molecule has 0 spiro atoms. The van der Waals surface area contributed by atoms with E-state index in [9.17, 15) is 4.39 Å². The van der Waals surface area contributed by atoms with Crippen molar-refractivity contribution in [2.45, 2.75) is 26.4 Å². The first kappa shape index (κ1) is 13.3. The zero-order chi connectivity index (χ0) is 13.9. The molecule has 1 aromatic heterocycles. The standard InChI is InChI=1S/C16H20FN3/c1-2-16-18-6-7-20(16)12-14-10-19(11-14)9-13-4-3-5-15(17)8-13/h3-8,14H,2,9-12H2,1H3. The third-order valence-corrected chi connectivity index (χ3v) is 3.90. The Labute approximate surface area is 119 Å². The van der Waals surface area contributed by atoms with Gasteiger partial charge in [-0.05, 0) is 17.7 Å². The first-order valence-electron chi connectivity index (χ1n) is 7.21. The van der Waals surface area contributed by atoms with Crippen LogP contribution in [-0.2, 0) is 19.5 Å². The molecule has 1 saturated heterocycles. The highest BCUT2D eigenvalue weighted by atomic mass is 19.1. The van der Waals surface area contributed by atoms with Gasteiger partial charge in [0.2, 0.25) is 0 Å². The quantitative estimate of drug-likeness (QED) is 0.835. The van der Waals surface area contributed by atoms with Crippen LogP contribution in [0.15, 0.2) is 36.7 Å². The largest absolute Gasteiger partial charge is 0.335 e. The molecule has 0 unspecified atom stereocenters. The monoisotopic (exact) mass is 273 g/mol. The lowest BCUT2D eigenvalue weighted by molar-refractivity contribution is 0.0797. The third kappa shape index (κ3) is 2.90. The summed E-state index contributed by atoms with van der Waals surface area (Å²) < 4.78 is 15.4. The zero-order valence-electron chi connectivity index (χ0n) is 11.8. The molecule has 4 heteroatoms. The number of hydrogen-bond donors (Lipinski definition) is 0. The van der Waals surface area contributed by atoms with Crippen molar-refractivity contribution >= 4 is 0 Å². The normalized spacial score (nSPS) is 16.3. The van der Waals surface area contributed by atoms with Gasteiger partial charge in [-0.3, -0.25) is 4.90 Å². The maximum Gasteiger partial charge on any atom is 0.123 e. The van der Waals surface area contributed by atoms with Crippen molar-refractivity contribution in [2.75, 3.05) is 13.1 Å². The molecule has 106 valence electrons. The summed E-state index contributed by atoms with van der Waals surface area (Å²) in [5.74, 6) is 1.70. The summed E-state index contributed by atoms with van der Waals surface area (Å²) in [4.78, 5) is 6.71. The highest BCUT2D eigenvalue weighted by Crippen LogP contribution is 2.21. The first-order chi connectivity index (χ1) is 9.74. The van der Waals surface area contributed by atoms with Gasteiger partial charge in [-0.15, -0.1) is 0 Å². The van der Waals surface area contributed by atoms with Gasteiger partial charge in [-0.25, -0.2) is 9.37 Å². The van der Waals surface area contributed by atoms with Crippen LogP contribution in [0, 0.1) is 11.7 Å². The van der Waals surface area contributed by atoms with Crippen molar-refractivity contribution in [3.8, 4) is 0 Å². The van der Waals surface area contributed by atoms with E-state index >= 15 is 0 Å². The Hall–Kier alpha value is -1.68. The van der Waals surface area contributed by atoms with Gasteiger partial charge < -0.3 is 4.57 Å². The summed E-state index contributed by atoms with van der Waals surface area (Å²) >= 11 is 0. The fourth-order valence-corrected chi connectivity index (χ4v) is 2.91. The molecule has 1 aliphatic rings. The van der Waals surface area contributed by atoms with Crippen molar-refractivity contribution in [3.63, 3.8) is 0 Å². The van der Waals surface area contributed by atoms with E-state index < -0.39 is 0 Å². The summed E-state index contributed by atoms with van der Waals surface area (Å²) in [6.45, 7) is 6.19. The van der Waals surface area contributed by atoms with Crippen LogP contribution in [0.5, 0.6) is 0 Å². The molecule has 20 heavy (non-hydrogen) atoms. The Morgan fingerprint density at radius 1 is 1.35 bits per heavy atom. The van der Waals surface area contributed by atoms with E-state index in [1.54, 1.807) is 12.1 Å². The van der Waals surface area contributed by atoms with Crippen LogP contribution in [0.1, 0.15) is 18.3 Å². The van der Waals surface area contributed by atoms with E-state index in [1.165, 1.54) is 6.07 Å². The van der Waals surface area contributed by atoms with E-state index in [2.05, 4.69) is 27.6 Å². The molecule has 1 aliphatic heterocycles. The number of aryl methyl sites for hydroxylation is 1. The number of imidazole rings is 1. The topological polar surface area (TPSA) is 21.1 Å². The summed E-state index contributed by atoms with van der Waals surface area (Å²) in [6, 6.07) is 6.88. The molecule has 0 saturated carbocycles. The third-order valence-electron chi connectivity index (χ3n) is 3.90. The number of likely N-dealkylation sites (tertiary alicyclic amines) is 1. The SMILES string of the molecule is CCc1nccn1CC1CN(Cc2cccc(F)c2)C1. The molecule has 3 rings (SSSR count). The van der Waals surface area contributed by atoms with Gasteiger partial charge in [0.1, 0.15) is 11.6 Å². The Morgan fingerprint density at radius 2 is 2.20 bits per heavy atom. The van der Waals surface area contributed by atoms with Crippen molar-refractivity contribution in [3.05, 3.63) is 53.9 Å². The number of rotatable bonds is 5. The van der Waals surface area contributed by atoms with E-state index in [4.69, 9.17) is 0 Å². The predicted molar refractivity (Wildman–Crippen MR) is 76.8 cm³/mol. The summed E-state index contributed by atoms with van der Waals surface area (Å²) in [5, 5.41) is 0. The second kappa shape index (κ2) is 5.75. The molecule has 0 radical (unpaired) electrons. The lowest BCUT2D eigenvalue weighted by atomic mass is 9.99. The second-order valence-corrected chi connectivity index (χ2v) is 5.54.